The molecule has 2 rings (SSSR count). The van der Waals surface area contributed by atoms with E-state index in [1.807, 2.05) is 40.7 Å². The van der Waals surface area contributed by atoms with Gasteiger partial charge in [0.15, 0.2) is 0 Å². The Morgan fingerprint density at radius 1 is 1.42 bits per heavy atom. The zero-order valence-corrected chi connectivity index (χ0v) is 15.6. The molecule has 1 aliphatic rings. The van der Waals surface area contributed by atoms with Gasteiger partial charge in [0, 0.05) is 31.2 Å². The van der Waals surface area contributed by atoms with Crippen LogP contribution in [0.5, 0.6) is 0 Å². The number of likely N-dealkylation sites (tertiary alicyclic amines) is 1. The third-order valence-electron chi connectivity index (χ3n) is 4.20. The van der Waals surface area contributed by atoms with Gasteiger partial charge in [-0.3, -0.25) is 0 Å². The summed E-state index contributed by atoms with van der Waals surface area (Å²) in [5.74, 6) is 1.53. The summed E-state index contributed by atoms with van der Waals surface area (Å²) in [4.78, 5) is 13.8. The SMILES string of the molecule is Cc1cc(C(C)(O)CNC2CCN(C(=O)OC(C)(C)C)C2)c(C)o1. The molecule has 24 heavy (non-hydrogen) atoms. The van der Waals surface area contributed by atoms with Crippen molar-refractivity contribution >= 4 is 6.09 Å². The first-order valence-electron chi connectivity index (χ1n) is 8.49. The molecule has 1 saturated heterocycles. The summed E-state index contributed by atoms with van der Waals surface area (Å²) in [7, 11) is 0. The molecule has 0 spiro atoms. The molecule has 0 aromatic carbocycles. The van der Waals surface area contributed by atoms with E-state index < -0.39 is 11.2 Å². The fourth-order valence-electron chi connectivity index (χ4n) is 3.02. The van der Waals surface area contributed by atoms with Gasteiger partial charge in [0.1, 0.15) is 22.7 Å². The first kappa shape index (κ1) is 18.8. The third-order valence-corrected chi connectivity index (χ3v) is 4.20. The lowest BCUT2D eigenvalue weighted by molar-refractivity contribution is 0.0286. The fourth-order valence-corrected chi connectivity index (χ4v) is 3.02. The number of ether oxygens (including phenoxy) is 1. The van der Waals surface area contributed by atoms with Crippen LogP contribution in [0.1, 0.15) is 51.2 Å². The van der Waals surface area contributed by atoms with Crippen molar-refractivity contribution in [3.8, 4) is 0 Å². The Morgan fingerprint density at radius 3 is 2.62 bits per heavy atom. The summed E-state index contributed by atoms with van der Waals surface area (Å²) in [6.45, 7) is 12.8. The number of carbonyl (C=O) groups is 1. The van der Waals surface area contributed by atoms with Crippen molar-refractivity contribution in [3.63, 3.8) is 0 Å². The van der Waals surface area contributed by atoms with E-state index in [1.54, 1.807) is 11.8 Å². The summed E-state index contributed by atoms with van der Waals surface area (Å²) in [5, 5.41) is 14.1. The van der Waals surface area contributed by atoms with Crippen LogP contribution in [0, 0.1) is 13.8 Å². The number of hydrogen-bond acceptors (Lipinski definition) is 5. The smallest absolute Gasteiger partial charge is 0.410 e. The van der Waals surface area contributed by atoms with Crippen molar-refractivity contribution in [3.05, 3.63) is 23.2 Å². The lowest BCUT2D eigenvalue weighted by atomic mass is 9.96. The van der Waals surface area contributed by atoms with E-state index in [-0.39, 0.29) is 12.1 Å². The van der Waals surface area contributed by atoms with Gasteiger partial charge in [0.25, 0.3) is 0 Å². The summed E-state index contributed by atoms with van der Waals surface area (Å²) in [5.41, 5.74) is -0.695. The van der Waals surface area contributed by atoms with E-state index in [2.05, 4.69) is 5.32 Å². The number of carbonyl (C=O) groups excluding carboxylic acids is 1. The number of rotatable bonds is 4. The standard InChI is InChI=1S/C18H30N2O4/c1-12-9-15(13(2)23-12)18(6,22)11-19-14-7-8-20(10-14)16(21)24-17(3,4)5/h9,14,19,22H,7-8,10-11H2,1-6H3. The van der Waals surface area contributed by atoms with Gasteiger partial charge in [-0.2, -0.15) is 0 Å². The van der Waals surface area contributed by atoms with Gasteiger partial charge in [-0.25, -0.2) is 4.79 Å². The van der Waals surface area contributed by atoms with E-state index in [1.165, 1.54) is 0 Å². The Kier molecular flexibility index (Phi) is 5.30. The molecule has 136 valence electrons. The molecule has 2 unspecified atom stereocenters. The molecule has 0 aliphatic carbocycles. The van der Waals surface area contributed by atoms with Crippen LogP contribution in [0.3, 0.4) is 0 Å². The molecule has 0 radical (unpaired) electrons. The van der Waals surface area contributed by atoms with Crippen molar-refractivity contribution in [2.75, 3.05) is 19.6 Å². The lowest BCUT2D eigenvalue weighted by Crippen LogP contribution is -2.43. The maximum Gasteiger partial charge on any atom is 0.410 e. The first-order valence-corrected chi connectivity index (χ1v) is 8.49. The van der Waals surface area contributed by atoms with E-state index in [4.69, 9.17) is 9.15 Å². The number of furan rings is 1. The van der Waals surface area contributed by atoms with Crippen LogP contribution in [-0.2, 0) is 10.3 Å². The summed E-state index contributed by atoms with van der Waals surface area (Å²) >= 11 is 0. The highest BCUT2D eigenvalue weighted by Gasteiger charge is 2.32. The van der Waals surface area contributed by atoms with Crippen molar-refractivity contribution in [2.24, 2.45) is 0 Å². The molecule has 2 heterocycles. The number of aryl methyl sites for hydroxylation is 2. The van der Waals surface area contributed by atoms with Crippen molar-refractivity contribution in [1.82, 2.24) is 10.2 Å². The van der Waals surface area contributed by atoms with Gasteiger partial charge in [-0.05, 0) is 54.0 Å². The predicted octanol–water partition coefficient (Wildman–Crippen LogP) is 2.70. The van der Waals surface area contributed by atoms with Gasteiger partial charge in [0.2, 0.25) is 0 Å². The second-order valence-corrected chi connectivity index (χ2v) is 7.89. The molecular weight excluding hydrogens is 308 g/mol. The number of nitrogens with zero attached hydrogens (tertiary/aromatic N) is 1. The van der Waals surface area contributed by atoms with Crippen LogP contribution >= 0.6 is 0 Å². The zero-order valence-electron chi connectivity index (χ0n) is 15.6. The molecule has 1 aromatic heterocycles. The van der Waals surface area contributed by atoms with Crippen LogP contribution in [0.2, 0.25) is 0 Å². The largest absolute Gasteiger partial charge is 0.466 e. The van der Waals surface area contributed by atoms with E-state index >= 15 is 0 Å². The van der Waals surface area contributed by atoms with Crippen molar-refractivity contribution in [2.45, 2.75) is 65.2 Å². The molecule has 0 saturated carbocycles. The summed E-state index contributed by atoms with van der Waals surface area (Å²) in [6, 6.07) is 2.02. The van der Waals surface area contributed by atoms with Crippen LogP contribution in [-0.4, -0.2) is 47.4 Å². The molecule has 1 aliphatic heterocycles. The highest BCUT2D eigenvalue weighted by atomic mass is 16.6. The van der Waals surface area contributed by atoms with E-state index in [0.29, 0.717) is 19.6 Å². The number of amides is 1. The van der Waals surface area contributed by atoms with E-state index in [0.717, 1.165) is 23.5 Å². The Morgan fingerprint density at radius 2 is 2.08 bits per heavy atom. The van der Waals surface area contributed by atoms with Crippen LogP contribution in [0.4, 0.5) is 4.79 Å². The fraction of sp³-hybridized carbons (Fsp3) is 0.722. The molecule has 2 atom stereocenters. The second kappa shape index (κ2) is 6.76. The van der Waals surface area contributed by atoms with Gasteiger partial charge in [-0.15, -0.1) is 0 Å². The minimum Gasteiger partial charge on any atom is -0.466 e. The molecule has 6 nitrogen and oxygen atoms in total. The highest BCUT2D eigenvalue weighted by Crippen LogP contribution is 2.27. The number of nitrogens with one attached hydrogen (secondary N) is 1. The van der Waals surface area contributed by atoms with Crippen LogP contribution in [0.15, 0.2) is 10.5 Å². The minimum absolute atomic E-state index is 0.150. The number of hydrogen-bond donors (Lipinski definition) is 2. The second-order valence-electron chi connectivity index (χ2n) is 7.89. The first-order chi connectivity index (χ1) is 11.0. The molecule has 1 fully saturated rings. The average Bonchev–Trinajstić information content (AvgIpc) is 3.01. The zero-order chi connectivity index (χ0) is 18.1. The van der Waals surface area contributed by atoms with Crippen molar-refractivity contribution in [1.29, 1.82) is 0 Å². The quantitative estimate of drug-likeness (QED) is 0.883. The summed E-state index contributed by atoms with van der Waals surface area (Å²) < 4.78 is 10.9. The maximum atomic E-state index is 12.1. The highest BCUT2D eigenvalue weighted by molar-refractivity contribution is 5.68. The Labute approximate surface area is 144 Å². The van der Waals surface area contributed by atoms with Gasteiger partial charge < -0.3 is 24.5 Å². The summed E-state index contributed by atoms with van der Waals surface area (Å²) in [6.07, 6.45) is 0.568. The number of aliphatic hydroxyl groups is 1. The molecule has 1 aromatic rings. The molecular formula is C18H30N2O4. The molecule has 1 amide bonds. The van der Waals surface area contributed by atoms with Crippen molar-refractivity contribution < 1.29 is 19.1 Å². The normalized spacial score (nSPS) is 21.0. The van der Waals surface area contributed by atoms with Gasteiger partial charge >= 0.3 is 6.09 Å². The minimum atomic E-state index is -1.01. The average molecular weight is 338 g/mol. The van der Waals surface area contributed by atoms with E-state index in [9.17, 15) is 9.90 Å². The van der Waals surface area contributed by atoms with Crippen LogP contribution in [0.25, 0.3) is 0 Å². The topological polar surface area (TPSA) is 74.9 Å². The predicted molar refractivity (Wildman–Crippen MR) is 92.0 cm³/mol. The third kappa shape index (κ3) is 4.74. The van der Waals surface area contributed by atoms with Gasteiger partial charge in [-0.1, -0.05) is 0 Å². The Balaban J connectivity index is 1.87. The molecule has 0 bridgehead atoms. The van der Waals surface area contributed by atoms with Crippen LogP contribution < -0.4 is 5.32 Å². The molecule has 2 N–H and O–H groups in total. The Bertz CT molecular complexity index is 586. The maximum absolute atomic E-state index is 12.1. The lowest BCUT2D eigenvalue weighted by Gasteiger charge is -2.26. The monoisotopic (exact) mass is 338 g/mol. The molecule has 6 heteroatoms. The Hall–Kier alpha value is -1.53. The van der Waals surface area contributed by atoms with Gasteiger partial charge in [0.05, 0.1) is 0 Å².